The van der Waals surface area contributed by atoms with Crippen LogP contribution in [0.25, 0.3) is 0 Å². The van der Waals surface area contributed by atoms with Crippen LogP contribution in [0.2, 0.25) is 0 Å². The maximum absolute atomic E-state index is 10.6. The van der Waals surface area contributed by atoms with E-state index in [0.29, 0.717) is 12.6 Å². The Hall–Kier alpha value is -4.04. The Kier molecular flexibility index (Phi) is 15.1. The van der Waals surface area contributed by atoms with Gasteiger partial charge in [-0.1, -0.05) is 12.1 Å². The zero-order chi connectivity index (χ0) is 34.4. The van der Waals surface area contributed by atoms with E-state index in [4.69, 9.17) is 39.2 Å². The molecule has 20 heteroatoms. The van der Waals surface area contributed by atoms with Gasteiger partial charge in [-0.25, -0.2) is 14.4 Å². The largest absolute Gasteiger partial charge is 0.490 e. The van der Waals surface area contributed by atoms with E-state index in [1.54, 1.807) is 6.20 Å². The van der Waals surface area contributed by atoms with Gasteiger partial charge in [0.25, 0.3) is 0 Å². The second-order valence-electron chi connectivity index (χ2n) is 8.89. The Bertz CT molecular complexity index is 1140. The van der Waals surface area contributed by atoms with Gasteiger partial charge < -0.3 is 24.8 Å². The van der Waals surface area contributed by atoms with E-state index >= 15 is 0 Å². The third-order valence-electron chi connectivity index (χ3n) is 5.66. The monoisotopic (exact) mass is 667 g/mol. The average molecular weight is 667 g/mol. The molecule has 2 bridgehead atoms. The van der Waals surface area contributed by atoms with Crippen molar-refractivity contribution in [1.82, 2.24) is 14.9 Å². The van der Waals surface area contributed by atoms with Crippen LogP contribution in [-0.4, -0.2) is 98.0 Å². The van der Waals surface area contributed by atoms with Crippen molar-refractivity contribution < 1.29 is 78.7 Å². The van der Waals surface area contributed by atoms with Gasteiger partial charge in [0, 0.05) is 37.7 Å². The van der Waals surface area contributed by atoms with Crippen molar-refractivity contribution in [2.24, 2.45) is 0 Å². The van der Waals surface area contributed by atoms with E-state index in [-0.39, 0.29) is 12.2 Å². The van der Waals surface area contributed by atoms with Crippen molar-refractivity contribution in [3.63, 3.8) is 0 Å². The fourth-order valence-corrected chi connectivity index (χ4v) is 3.76. The van der Waals surface area contributed by atoms with Gasteiger partial charge in [0.15, 0.2) is 0 Å². The van der Waals surface area contributed by atoms with Crippen molar-refractivity contribution in [3.8, 4) is 0 Å². The molecule has 2 aliphatic rings. The number of pyridine rings is 2. The smallest absolute Gasteiger partial charge is 0.475 e. The molecule has 11 nitrogen and oxygen atoms in total. The highest BCUT2D eigenvalue weighted by Gasteiger charge is 2.43. The number of rotatable bonds is 5. The number of fused-ring (bicyclic) bond motifs is 2. The Balaban J connectivity index is 0.000000396. The molecule has 4 rings (SSSR count). The van der Waals surface area contributed by atoms with Crippen LogP contribution in [0.1, 0.15) is 24.1 Å². The molecule has 2 fully saturated rings. The number of aromatic nitrogens is 2. The Morgan fingerprint density at radius 2 is 1.40 bits per heavy atom. The molecular formula is C25H26F9N3O8. The number of carboxylic acid groups (broad SMARTS) is 3. The summed E-state index contributed by atoms with van der Waals surface area (Å²) in [4.78, 5) is 37.8. The van der Waals surface area contributed by atoms with Gasteiger partial charge in [-0.3, -0.25) is 14.9 Å². The Morgan fingerprint density at radius 3 is 1.84 bits per heavy atom. The highest BCUT2D eigenvalue weighted by molar-refractivity contribution is 5.73. The van der Waals surface area contributed by atoms with Crippen molar-refractivity contribution in [3.05, 3.63) is 60.2 Å². The van der Waals surface area contributed by atoms with Gasteiger partial charge >= 0.3 is 36.4 Å². The summed E-state index contributed by atoms with van der Waals surface area (Å²) in [6.45, 7) is 3.14. The minimum absolute atomic E-state index is 0.122. The summed E-state index contributed by atoms with van der Waals surface area (Å²) in [6, 6.07) is 10.5. The summed E-state index contributed by atoms with van der Waals surface area (Å²) in [5.41, 5.74) is 2.21. The first-order valence-corrected chi connectivity index (χ1v) is 12.4. The molecule has 1 aliphatic carbocycles. The normalized spacial score (nSPS) is 19.7. The second-order valence-corrected chi connectivity index (χ2v) is 8.89. The van der Waals surface area contributed by atoms with E-state index in [1.807, 2.05) is 30.6 Å². The number of carbonyl (C=O) groups is 3. The standard InChI is InChI=1S/C19H23N3O2.3C2HF3O2/c1-2-9-21-16(5-1)13-22-10-11-23-18-7-6-17(22)19(18)24-14-15-4-3-8-20-12-15;3*3-2(4,5)1(6)7/h1-5,8-9,12,17-19H,6-7,10-11,13-14H2;3*(H,6,7). The molecular weight excluding hydrogens is 641 g/mol. The quantitative estimate of drug-likeness (QED) is 0.390. The van der Waals surface area contributed by atoms with Gasteiger partial charge in [0.05, 0.1) is 31.1 Å². The molecule has 252 valence electrons. The molecule has 3 N–H and O–H groups in total. The van der Waals surface area contributed by atoms with Crippen LogP contribution in [0.4, 0.5) is 39.5 Å². The third-order valence-corrected chi connectivity index (χ3v) is 5.66. The summed E-state index contributed by atoms with van der Waals surface area (Å²) in [6.07, 6.45) is -7.22. The molecule has 0 amide bonds. The first-order valence-electron chi connectivity index (χ1n) is 12.4. The first-order chi connectivity index (χ1) is 20.7. The van der Waals surface area contributed by atoms with Crippen LogP contribution in [0.5, 0.6) is 0 Å². The molecule has 3 heterocycles. The predicted octanol–water partition coefficient (Wildman–Crippen LogP) is 4.33. The molecule has 1 saturated heterocycles. The van der Waals surface area contributed by atoms with Crippen LogP contribution < -0.4 is 0 Å². The molecule has 3 unspecified atom stereocenters. The third kappa shape index (κ3) is 15.0. The average Bonchev–Trinajstić information content (AvgIpc) is 3.26. The van der Waals surface area contributed by atoms with Gasteiger partial charge in [0.1, 0.15) is 0 Å². The zero-order valence-electron chi connectivity index (χ0n) is 22.7. The number of ether oxygens (including phenoxy) is 2. The van der Waals surface area contributed by atoms with Crippen LogP contribution in [0.3, 0.4) is 0 Å². The summed E-state index contributed by atoms with van der Waals surface area (Å²) in [5, 5.41) is 21.4. The van der Waals surface area contributed by atoms with Crippen LogP contribution >= 0.6 is 0 Å². The lowest BCUT2D eigenvalue weighted by molar-refractivity contribution is -0.193. The number of halogens is 9. The highest BCUT2D eigenvalue weighted by atomic mass is 19.4. The van der Waals surface area contributed by atoms with E-state index in [1.165, 1.54) is 0 Å². The van der Waals surface area contributed by atoms with Gasteiger partial charge in [-0.05, 0) is 36.6 Å². The van der Waals surface area contributed by atoms with E-state index in [0.717, 1.165) is 43.8 Å². The number of alkyl halides is 9. The number of aliphatic carboxylic acids is 3. The lowest BCUT2D eigenvalue weighted by Gasteiger charge is -2.30. The lowest BCUT2D eigenvalue weighted by Crippen LogP contribution is -2.42. The van der Waals surface area contributed by atoms with Crippen LogP contribution in [0.15, 0.2) is 48.9 Å². The number of nitrogens with zero attached hydrogens (tertiary/aromatic N) is 3. The number of carboxylic acids is 3. The molecule has 0 aromatic carbocycles. The minimum atomic E-state index is -5.08. The minimum Gasteiger partial charge on any atom is -0.475 e. The maximum Gasteiger partial charge on any atom is 0.490 e. The number of hydrogen-bond acceptors (Lipinski definition) is 8. The summed E-state index contributed by atoms with van der Waals surface area (Å²) in [5.74, 6) is -8.27. The highest BCUT2D eigenvalue weighted by Crippen LogP contribution is 2.33. The van der Waals surface area contributed by atoms with Crippen LogP contribution in [-0.2, 0) is 37.0 Å². The molecule has 3 atom stereocenters. The van der Waals surface area contributed by atoms with Crippen molar-refractivity contribution in [2.75, 3.05) is 13.2 Å². The van der Waals surface area contributed by atoms with Crippen molar-refractivity contribution in [1.29, 1.82) is 0 Å². The van der Waals surface area contributed by atoms with Crippen molar-refractivity contribution in [2.45, 2.75) is 62.8 Å². The molecule has 2 aromatic rings. The summed E-state index contributed by atoms with van der Waals surface area (Å²) in [7, 11) is 0. The Labute approximate surface area is 248 Å². The van der Waals surface area contributed by atoms with Gasteiger partial charge in [-0.2, -0.15) is 39.5 Å². The van der Waals surface area contributed by atoms with E-state index < -0.39 is 36.4 Å². The predicted molar refractivity (Wildman–Crippen MR) is 131 cm³/mol. The topological polar surface area (TPSA) is 159 Å². The second kappa shape index (κ2) is 17.4. The number of hydrogen-bond donors (Lipinski definition) is 3. The summed E-state index contributed by atoms with van der Waals surface area (Å²) >= 11 is 0. The molecule has 45 heavy (non-hydrogen) atoms. The van der Waals surface area contributed by atoms with Gasteiger partial charge in [0.2, 0.25) is 0 Å². The van der Waals surface area contributed by atoms with Crippen LogP contribution in [0, 0.1) is 0 Å². The first kappa shape index (κ1) is 39.0. The van der Waals surface area contributed by atoms with Gasteiger partial charge in [-0.15, -0.1) is 0 Å². The van der Waals surface area contributed by atoms with E-state index in [2.05, 4.69) is 27.0 Å². The van der Waals surface area contributed by atoms with Crippen molar-refractivity contribution >= 4 is 17.9 Å². The molecule has 2 aromatic heterocycles. The van der Waals surface area contributed by atoms with E-state index in [9.17, 15) is 39.5 Å². The molecule has 1 aliphatic heterocycles. The molecule has 0 radical (unpaired) electrons. The molecule has 1 saturated carbocycles. The lowest BCUT2D eigenvalue weighted by atomic mass is 10.1. The maximum atomic E-state index is 10.6. The zero-order valence-corrected chi connectivity index (χ0v) is 22.7. The summed E-state index contributed by atoms with van der Waals surface area (Å²) < 4.78 is 108. The SMILES string of the molecule is O=C(O)C(F)(F)F.O=C(O)C(F)(F)F.O=C(O)C(F)(F)F.c1ccc(CN2CCOC3CCC2C3OCc2cccnc2)nc1. The fraction of sp³-hybridized carbons (Fsp3) is 0.480. The molecule has 0 spiro atoms. The Morgan fingerprint density at radius 1 is 0.844 bits per heavy atom. The fourth-order valence-electron chi connectivity index (χ4n) is 3.76.